The third-order valence-electron chi connectivity index (χ3n) is 2.03. The molecular weight excluding hydrogens is 265 g/mol. The number of hydrogen-bond acceptors (Lipinski definition) is 4. The first-order valence-corrected chi connectivity index (χ1v) is 6.69. The van der Waals surface area contributed by atoms with E-state index in [2.05, 4.69) is 9.71 Å². The number of halogens is 1. The van der Waals surface area contributed by atoms with E-state index in [1.807, 2.05) is 0 Å². The average Bonchev–Trinajstić information content (AvgIpc) is 2.26. The summed E-state index contributed by atoms with van der Waals surface area (Å²) in [5.41, 5.74) is 5.36. The first-order valence-electron chi connectivity index (χ1n) is 4.80. The van der Waals surface area contributed by atoms with E-state index in [0.29, 0.717) is 6.42 Å². The predicted molar refractivity (Wildman–Crippen MR) is 65.4 cm³/mol. The van der Waals surface area contributed by atoms with Crippen LogP contribution in [0.5, 0.6) is 0 Å². The lowest BCUT2D eigenvalue weighted by atomic mass is 10.2. The molecule has 1 aromatic heterocycles. The molecule has 0 aromatic carbocycles. The van der Waals surface area contributed by atoms with E-state index in [1.54, 1.807) is 6.92 Å². The minimum atomic E-state index is -4.05. The molecule has 0 fully saturated rings. The summed E-state index contributed by atoms with van der Waals surface area (Å²) in [5.74, 6) is -0.919. The molecule has 94 valence electrons. The van der Waals surface area contributed by atoms with Gasteiger partial charge in [-0.3, -0.25) is 0 Å². The van der Waals surface area contributed by atoms with Crippen molar-refractivity contribution in [2.75, 3.05) is 0 Å². The van der Waals surface area contributed by atoms with Crippen LogP contribution in [-0.2, 0) is 10.0 Å². The molecular formula is C9H12FN3O2S2. The molecule has 1 heterocycles. The van der Waals surface area contributed by atoms with Crippen LogP contribution in [-0.4, -0.2) is 24.4 Å². The zero-order valence-corrected chi connectivity index (χ0v) is 10.7. The van der Waals surface area contributed by atoms with Crippen molar-refractivity contribution in [1.29, 1.82) is 0 Å². The Labute approximate surface area is 104 Å². The first-order chi connectivity index (χ1) is 7.88. The molecule has 0 saturated carbocycles. The molecule has 1 unspecified atom stereocenters. The molecule has 0 aliphatic rings. The Hall–Kier alpha value is -1.12. The van der Waals surface area contributed by atoms with Crippen molar-refractivity contribution >= 4 is 27.2 Å². The van der Waals surface area contributed by atoms with Crippen molar-refractivity contribution in [2.24, 2.45) is 5.73 Å². The third kappa shape index (κ3) is 3.42. The van der Waals surface area contributed by atoms with Crippen LogP contribution < -0.4 is 10.5 Å². The first kappa shape index (κ1) is 13.9. The highest BCUT2D eigenvalue weighted by atomic mass is 32.2. The van der Waals surface area contributed by atoms with Crippen LogP contribution in [0.15, 0.2) is 23.4 Å². The second-order valence-electron chi connectivity index (χ2n) is 3.27. The van der Waals surface area contributed by atoms with Crippen molar-refractivity contribution in [2.45, 2.75) is 24.4 Å². The number of nitrogens with one attached hydrogen (secondary N) is 1. The minimum absolute atomic E-state index is 0.00687. The van der Waals surface area contributed by atoms with Crippen LogP contribution in [0, 0.1) is 5.82 Å². The average molecular weight is 277 g/mol. The van der Waals surface area contributed by atoms with Gasteiger partial charge in [-0.05, 0) is 18.6 Å². The van der Waals surface area contributed by atoms with E-state index < -0.39 is 26.9 Å². The van der Waals surface area contributed by atoms with E-state index in [4.69, 9.17) is 18.0 Å². The zero-order chi connectivity index (χ0) is 13.1. The summed E-state index contributed by atoms with van der Waals surface area (Å²) in [5, 5.41) is -0.658. The zero-order valence-electron chi connectivity index (χ0n) is 9.05. The van der Waals surface area contributed by atoms with Crippen LogP contribution in [0.1, 0.15) is 13.3 Å². The number of hydrogen-bond donors (Lipinski definition) is 2. The lowest BCUT2D eigenvalue weighted by Gasteiger charge is -2.15. The molecule has 0 aliphatic carbocycles. The number of thiocarbonyl (C=S) groups is 1. The van der Waals surface area contributed by atoms with E-state index in [1.165, 1.54) is 12.3 Å². The van der Waals surface area contributed by atoms with Gasteiger partial charge in [-0.25, -0.2) is 17.8 Å². The van der Waals surface area contributed by atoms with Gasteiger partial charge in [0.25, 0.3) is 10.0 Å². The summed E-state index contributed by atoms with van der Waals surface area (Å²) in [6.45, 7) is 1.71. The Kier molecular flexibility index (Phi) is 4.49. The Bertz CT molecular complexity index is 519. The van der Waals surface area contributed by atoms with Crippen LogP contribution in [0.2, 0.25) is 0 Å². The van der Waals surface area contributed by atoms with Crippen LogP contribution in [0.4, 0.5) is 4.39 Å². The number of pyridine rings is 1. The van der Waals surface area contributed by atoms with Crippen molar-refractivity contribution in [1.82, 2.24) is 9.71 Å². The van der Waals surface area contributed by atoms with Gasteiger partial charge in [0.1, 0.15) is 0 Å². The van der Waals surface area contributed by atoms with Gasteiger partial charge >= 0.3 is 0 Å². The molecule has 8 heteroatoms. The van der Waals surface area contributed by atoms with Gasteiger partial charge in [0, 0.05) is 6.20 Å². The van der Waals surface area contributed by atoms with Crippen molar-refractivity contribution in [3.05, 3.63) is 24.1 Å². The summed E-state index contributed by atoms with van der Waals surface area (Å²) < 4.78 is 39.1. The van der Waals surface area contributed by atoms with Crippen LogP contribution in [0.3, 0.4) is 0 Å². The normalized spacial score (nSPS) is 13.3. The molecule has 0 spiro atoms. The summed E-state index contributed by atoms with van der Waals surface area (Å²) in [7, 11) is -4.05. The maximum Gasteiger partial charge on any atom is 0.261 e. The van der Waals surface area contributed by atoms with Crippen molar-refractivity contribution < 1.29 is 12.8 Å². The molecule has 0 bridgehead atoms. The maximum atomic E-state index is 13.3. The summed E-state index contributed by atoms with van der Waals surface area (Å²) in [6.07, 6.45) is 1.57. The highest BCUT2D eigenvalue weighted by molar-refractivity contribution is 7.89. The highest BCUT2D eigenvalue weighted by Crippen LogP contribution is 2.11. The van der Waals surface area contributed by atoms with Gasteiger partial charge in [0.05, 0.1) is 11.0 Å². The minimum Gasteiger partial charge on any atom is -0.392 e. The van der Waals surface area contributed by atoms with Crippen LogP contribution in [0.25, 0.3) is 0 Å². The number of rotatable bonds is 5. The SMILES string of the molecule is CCC(NS(=O)(=O)c1ncccc1F)C(N)=S. The Balaban J connectivity index is 3.05. The van der Waals surface area contributed by atoms with Gasteiger partial charge in [-0.15, -0.1) is 0 Å². The fourth-order valence-electron chi connectivity index (χ4n) is 1.15. The molecule has 1 aromatic rings. The molecule has 0 amide bonds. The van der Waals surface area contributed by atoms with Crippen LogP contribution >= 0.6 is 12.2 Å². The molecule has 1 atom stereocenters. The maximum absolute atomic E-state index is 13.3. The molecule has 0 saturated heterocycles. The molecule has 0 radical (unpaired) electrons. The van der Waals surface area contributed by atoms with Gasteiger partial charge in [0.2, 0.25) is 5.03 Å². The third-order valence-corrected chi connectivity index (χ3v) is 3.72. The molecule has 5 nitrogen and oxygen atoms in total. The van der Waals surface area contributed by atoms with E-state index >= 15 is 0 Å². The summed E-state index contributed by atoms with van der Waals surface area (Å²) in [4.78, 5) is 3.49. The highest BCUT2D eigenvalue weighted by Gasteiger charge is 2.24. The summed E-state index contributed by atoms with van der Waals surface area (Å²) >= 11 is 4.70. The number of nitrogens with zero attached hydrogens (tertiary/aromatic N) is 1. The lowest BCUT2D eigenvalue weighted by Crippen LogP contribution is -2.43. The Morgan fingerprint density at radius 1 is 1.71 bits per heavy atom. The van der Waals surface area contributed by atoms with Gasteiger partial charge in [-0.1, -0.05) is 19.1 Å². The van der Waals surface area contributed by atoms with E-state index in [9.17, 15) is 12.8 Å². The summed E-state index contributed by atoms with van der Waals surface area (Å²) in [6, 6.07) is 1.61. The van der Waals surface area contributed by atoms with Gasteiger partial charge < -0.3 is 5.73 Å². The second kappa shape index (κ2) is 5.48. The van der Waals surface area contributed by atoms with Gasteiger partial charge in [0.15, 0.2) is 5.82 Å². The quantitative estimate of drug-likeness (QED) is 0.768. The number of sulfonamides is 1. The monoisotopic (exact) mass is 277 g/mol. The smallest absolute Gasteiger partial charge is 0.261 e. The number of nitrogens with two attached hydrogens (primary N) is 1. The van der Waals surface area contributed by atoms with Crippen molar-refractivity contribution in [3.8, 4) is 0 Å². The molecule has 17 heavy (non-hydrogen) atoms. The lowest BCUT2D eigenvalue weighted by molar-refractivity contribution is 0.539. The van der Waals surface area contributed by atoms with Gasteiger partial charge in [-0.2, -0.15) is 4.72 Å². The molecule has 3 N–H and O–H groups in total. The van der Waals surface area contributed by atoms with Crippen molar-refractivity contribution in [3.63, 3.8) is 0 Å². The number of aromatic nitrogens is 1. The Morgan fingerprint density at radius 2 is 2.35 bits per heavy atom. The van der Waals surface area contributed by atoms with E-state index in [0.717, 1.165) is 6.07 Å². The standard InChI is InChI=1S/C9H12FN3O2S2/c1-2-7(8(11)16)13-17(14,15)9-6(10)4-3-5-12-9/h3-5,7,13H,2H2,1H3,(H2,11,16). The Morgan fingerprint density at radius 3 is 2.82 bits per heavy atom. The fourth-order valence-corrected chi connectivity index (χ4v) is 2.76. The molecule has 0 aliphatic heterocycles. The van der Waals surface area contributed by atoms with E-state index in [-0.39, 0.29) is 4.99 Å². The molecule has 1 rings (SSSR count). The largest absolute Gasteiger partial charge is 0.392 e. The predicted octanol–water partition coefficient (Wildman–Crippen LogP) is 0.564. The topological polar surface area (TPSA) is 85.1 Å². The fraction of sp³-hybridized carbons (Fsp3) is 0.333. The second-order valence-corrected chi connectivity index (χ2v) is 5.38.